The molecule has 0 saturated carbocycles. The largest absolute Gasteiger partial charge is 0.456 e. The van der Waals surface area contributed by atoms with Gasteiger partial charge in [0, 0.05) is 10.8 Å². The highest BCUT2D eigenvalue weighted by Crippen LogP contribution is 2.43. The van der Waals surface area contributed by atoms with Gasteiger partial charge in [0.1, 0.15) is 11.2 Å². The lowest BCUT2D eigenvalue weighted by Crippen LogP contribution is -1.86. The van der Waals surface area contributed by atoms with E-state index in [-0.39, 0.29) is 0 Å². The van der Waals surface area contributed by atoms with Crippen molar-refractivity contribution in [3.63, 3.8) is 0 Å². The minimum Gasteiger partial charge on any atom is -0.456 e. The van der Waals surface area contributed by atoms with Crippen LogP contribution in [-0.4, -0.2) is 0 Å². The van der Waals surface area contributed by atoms with Crippen LogP contribution in [0.5, 0.6) is 0 Å². The van der Waals surface area contributed by atoms with E-state index in [1.54, 1.807) is 0 Å². The molecule has 0 saturated heterocycles. The van der Waals surface area contributed by atoms with Gasteiger partial charge in [0.05, 0.1) is 0 Å². The summed E-state index contributed by atoms with van der Waals surface area (Å²) in [6.45, 7) is 0. The van der Waals surface area contributed by atoms with Gasteiger partial charge in [-0.15, -0.1) is 0 Å². The van der Waals surface area contributed by atoms with Crippen molar-refractivity contribution in [3.8, 4) is 22.3 Å². The van der Waals surface area contributed by atoms with E-state index in [0.29, 0.717) is 0 Å². The molecule has 0 fully saturated rings. The molecule has 262 valence electrons. The van der Waals surface area contributed by atoms with E-state index in [1.165, 1.54) is 114 Å². The standard InChI is InChI=1S/C56H32O/c1-2-10-40-34(9-1)23-26-54-56(40)53-31-51-46-16-8-7-15-45(46)50-30-38(22-25-48(50)52(51)32-55(53)57-54)36-20-18-33-17-19-35(27-39(33)28-36)37-21-24-47-43-13-4-3-11-41(43)42-12-5-6-14-44(42)49(47)29-37/h1-32H. The number of benzene rings is 12. The van der Waals surface area contributed by atoms with Crippen molar-refractivity contribution >= 4 is 108 Å². The Morgan fingerprint density at radius 3 is 1.19 bits per heavy atom. The molecule has 0 aliphatic carbocycles. The van der Waals surface area contributed by atoms with Crippen LogP contribution >= 0.6 is 0 Å². The van der Waals surface area contributed by atoms with Crippen LogP contribution in [0.2, 0.25) is 0 Å². The summed E-state index contributed by atoms with van der Waals surface area (Å²) >= 11 is 0. The summed E-state index contributed by atoms with van der Waals surface area (Å²) in [5, 5.41) is 22.5. The summed E-state index contributed by atoms with van der Waals surface area (Å²) in [6, 6.07) is 71.7. The van der Waals surface area contributed by atoms with E-state index in [2.05, 4.69) is 194 Å². The summed E-state index contributed by atoms with van der Waals surface area (Å²) in [6.07, 6.45) is 0. The van der Waals surface area contributed by atoms with E-state index in [9.17, 15) is 0 Å². The Morgan fingerprint density at radius 2 is 0.614 bits per heavy atom. The summed E-state index contributed by atoms with van der Waals surface area (Å²) < 4.78 is 6.56. The molecule has 0 aliphatic rings. The quantitative estimate of drug-likeness (QED) is 0.162. The lowest BCUT2D eigenvalue weighted by molar-refractivity contribution is 0.670. The fraction of sp³-hybridized carbons (Fsp3) is 0. The minimum absolute atomic E-state index is 0.924. The van der Waals surface area contributed by atoms with Crippen molar-refractivity contribution in [3.05, 3.63) is 194 Å². The first-order valence-electron chi connectivity index (χ1n) is 19.7. The highest BCUT2D eigenvalue weighted by Gasteiger charge is 2.17. The predicted molar refractivity (Wildman–Crippen MR) is 245 cm³/mol. The van der Waals surface area contributed by atoms with Gasteiger partial charge in [-0.05, 0) is 151 Å². The zero-order chi connectivity index (χ0) is 37.2. The fourth-order valence-electron chi connectivity index (χ4n) is 9.87. The SMILES string of the molecule is c1ccc2c(c1)ccc1oc3cc4c5ccc(-c6ccc7ccc(-c8ccc9c%10ccccc%10c%10ccccc%10c9c8)cc7c6)cc5c5ccccc5c4cc3c12. The molecular formula is C56H32O. The molecule has 1 heterocycles. The van der Waals surface area contributed by atoms with E-state index in [1.807, 2.05) is 0 Å². The lowest BCUT2D eigenvalue weighted by Gasteiger charge is -2.13. The molecule has 57 heavy (non-hydrogen) atoms. The molecule has 0 spiro atoms. The second-order valence-electron chi connectivity index (χ2n) is 15.6. The van der Waals surface area contributed by atoms with E-state index in [0.717, 1.165) is 16.6 Å². The Hall–Kier alpha value is -7.48. The van der Waals surface area contributed by atoms with Gasteiger partial charge >= 0.3 is 0 Å². The monoisotopic (exact) mass is 720 g/mol. The normalized spacial score (nSPS) is 12.2. The number of rotatable bonds is 2. The molecule has 0 unspecified atom stereocenters. The van der Waals surface area contributed by atoms with Crippen LogP contribution in [0.4, 0.5) is 0 Å². The first-order chi connectivity index (χ1) is 28.2. The van der Waals surface area contributed by atoms with Gasteiger partial charge in [-0.2, -0.15) is 0 Å². The topological polar surface area (TPSA) is 13.1 Å². The van der Waals surface area contributed by atoms with Crippen LogP contribution in [0, 0.1) is 0 Å². The summed E-state index contributed by atoms with van der Waals surface area (Å²) in [5.74, 6) is 0. The van der Waals surface area contributed by atoms with Crippen molar-refractivity contribution in [1.29, 1.82) is 0 Å². The van der Waals surface area contributed by atoms with Crippen LogP contribution in [0.25, 0.3) is 130 Å². The molecule has 0 atom stereocenters. The molecule has 1 heteroatoms. The molecule has 0 N–H and O–H groups in total. The highest BCUT2D eigenvalue weighted by molar-refractivity contribution is 6.30. The predicted octanol–water partition coefficient (Wildman–Crippen LogP) is 16.1. The first-order valence-corrected chi connectivity index (χ1v) is 19.7. The van der Waals surface area contributed by atoms with E-state index < -0.39 is 0 Å². The van der Waals surface area contributed by atoms with Gasteiger partial charge in [0.2, 0.25) is 0 Å². The van der Waals surface area contributed by atoms with Gasteiger partial charge in [0.15, 0.2) is 0 Å². The molecule has 1 nitrogen and oxygen atoms in total. The first kappa shape index (κ1) is 30.8. The van der Waals surface area contributed by atoms with Crippen molar-refractivity contribution in [2.75, 3.05) is 0 Å². The Balaban J connectivity index is 0.968. The summed E-state index contributed by atoms with van der Waals surface area (Å²) in [5.41, 5.74) is 6.72. The zero-order valence-electron chi connectivity index (χ0n) is 30.9. The molecular weight excluding hydrogens is 689 g/mol. The smallest absolute Gasteiger partial charge is 0.136 e. The molecule has 13 aromatic rings. The Bertz CT molecular complexity index is 3830. The van der Waals surface area contributed by atoms with E-state index >= 15 is 0 Å². The van der Waals surface area contributed by atoms with Crippen LogP contribution < -0.4 is 0 Å². The van der Waals surface area contributed by atoms with Gasteiger partial charge in [0.25, 0.3) is 0 Å². The van der Waals surface area contributed by atoms with Crippen molar-refractivity contribution < 1.29 is 4.42 Å². The second-order valence-corrected chi connectivity index (χ2v) is 15.6. The second kappa shape index (κ2) is 11.5. The molecule has 12 aromatic carbocycles. The van der Waals surface area contributed by atoms with Crippen molar-refractivity contribution in [2.24, 2.45) is 0 Å². The van der Waals surface area contributed by atoms with Gasteiger partial charge in [-0.1, -0.05) is 152 Å². The van der Waals surface area contributed by atoms with Gasteiger partial charge in [-0.25, -0.2) is 0 Å². The Labute approximate surface area is 327 Å². The minimum atomic E-state index is 0.924. The fourth-order valence-corrected chi connectivity index (χ4v) is 9.87. The van der Waals surface area contributed by atoms with Crippen LogP contribution in [-0.2, 0) is 0 Å². The van der Waals surface area contributed by atoms with Gasteiger partial charge < -0.3 is 4.42 Å². The molecule has 1 aromatic heterocycles. The lowest BCUT2D eigenvalue weighted by atomic mass is 9.90. The van der Waals surface area contributed by atoms with Crippen molar-refractivity contribution in [1.82, 2.24) is 0 Å². The third-order valence-electron chi connectivity index (χ3n) is 12.6. The third-order valence-corrected chi connectivity index (χ3v) is 12.6. The number of furan rings is 1. The molecule has 0 bridgehead atoms. The molecule has 0 amide bonds. The third kappa shape index (κ3) is 4.46. The molecule has 0 aliphatic heterocycles. The van der Waals surface area contributed by atoms with E-state index in [4.69, 9.17) is 4.42 Å². The Kier molecular flexibility index (Phi) is 6.23. The maximum Gasteiger partial charge on any atom is 0.136 e. The van der Waals surface area contributed by atoms with Gasteiger partial charge in [-0.3, -0.25) is 0 Å². The number of hydrogen-bond acceptors (Lipinski definition) is 1. The Morgan fingerprint density at radius 1 is 0.211 bits per heavy atom. The average Bonchev–Trinajstić information content (AvgIpc) is 3.66. The molecule has 13 rings (SSSR count). The zero-order valence-corrected chi connectivity index (χ0v) is 30.9. The average molecular weight is 721 g/mol. The maximum absolute atomic E-state index is 6.56. The summed E-state index contributed by atoms with van der Waals surface area (Å²) in [7, 11) is 0. The van der Waals surface area contributed by atoms with Crippen LogP contribution in [0.3, 0.4) is 0 Å². The van der Waals surface area contributed by atoms with Crippen LogP contribution in [0.1, 0.15) is 0 Å². The summed E-state index contributed by atoms with van der Waals surface area (Å²) in [4.78, 5) is 0. The number of hydrogen-bond donors (Lipinski definition) is 0. The number of fused-ring (bicyclic) bond motifs is 18. The van der Waals surface area contributed by atoms with Crippen molar-refractivity contribution in [2.45, 2.75) is 0 Å². The maximum atomic E-state index is 6.56. The highest BCUT2D eigenvalue weighted by atomic mass is 16.3. The van der Waals surface area contributed by atoms with Crippen LogP contribution in [0.15, 0.2) is 199 Å². The molecule has 0 radical (unpaired) electrons.